The quantitative estimate of drug-likeness (QED) is 0.410. The lowest BCUT2D eigenvalue weighted by Crippen LogP contribution is -2.24. The van der Waals surface area contributed by atoms with E-state index in [2.05, 4.69) is 21.1 Å². The third-order valence-electron chi connectivity index (χ3n) is 6.42. The van der Waals surface area contributed by atoms with Gasteiger partial charge in [0.15, 0.2) is 5.65 Å². The number of H-pyrrole nitrogens is 1. The highest BCUT2D eigenvalue weighted by atomic mass is 19.1. The maximum Gasteiger partial charge on any atom is 0.168 e. The summed E-state index contributed by atoms with van der Waals surface area (Å²) in [6, 6.07) is 11.0. The Bertz CT molecular complexity index is 1610. The van der Waals surface area contributed by atoms with Crippen LogP contribution in [0.15, 0.2) is 48.8 Å². The average molecular weight is 455 g/mol. The van der Waals surface area contributed by atoms with Crippen LogP contribution in [0.2, 0.25) is 0 Å². The average Bonchev–Trinajstić information content (AvgIpc) is 3.57. The number of anilines is 1. The highest BCUT2D eigenvalue weighted by Crippen LogP contribution is 2.37. The summed E-state index contributed by atoms with van der Waals surface area (Å²) in [4.78, 5) is 14.8. The predicted molar refractivity (Wildman–Crippen MR) is 123 cm³/mol. The second-order valence-corrected chi connectivity index (χ2v) is 8.51. The summed E-state index contributed by atoms with van der Waals surface area (Å²) in [5.41, 5.74) is 4.61. The molecule has 1 saturated heterocycles. The van der Waals surface area contributed by atoms with E-state index in [0.29, 0.717) is 52.5 Å². The van der Waals surface area contributed by atoms with Crippen LogP contribution in [-0.2, 0) is 0 Å². The van der Waals surface area contributed by atoms with Crippen LogP contribution in [0.1, 0.15) is 35.6 Å². The number of hydrogen-bond donors (Lipinski definition) is 1. The number of benzene rings is 2. The van der Waals surface area contributed by atoms with E-state index >= 15 is 0 Å². The van der Waals surface area contributed by atoms with Crippen molar-refractivity contribution < 1.29 is 8.78 Å². The van der Waals surface area contributed by atoms with Gasteiger partial charge in [-0.05, 0) is 61.7 Å². The Morgan fingerprint density at radius 2 is 2.03 bits per heavy atom. The second kappa shape index (κ2) is 7.63. The molecule has 0 saturated carbocycles. The Hall–Kier alpha value is -4.32. The molecular formula is C25H19F2N7. The molecule has 1 aliphatic heterocycles. The first-order valence-corrected chi connectivity index (χ1v) is 11.0. The fraction of sp³-hybridized carbons (Fsp3) is 0.200. The van der Waals surface area contributed by atoms with Crippen LogP contribution < -0.4 is 4.90 Å². The van der Waals surface area contributed by atoms with Gasteiger partial charge < -0.3 is 9.88 Å². The van der Waals surface area contributed by atoms with Gasteiger partial charge in [-0.25, -0.2) is 23.3 Å². The van der Waals surface area contributed by atoms with Crippen molar-refractivity contribution >= 4 is 22.5 Å². The summed E-state index contributed by atoms with van der Waals surface area (Å²) in [5.74, 6) is 0.389. The van der Waals surface area contributed by atoms with E-state index in [-0.39, 0.29) is 6.04 Å². The fourth-order valence-corrected chi connectivity index (χ4v) is 4.73. The van der Waals surface area contributed by atoms with Crippen LogP contribution >= 0.6 is 0 Å². The van der Waals surface area contributed by atoms with Crippen molar-refractivity contribution in [2.45, 2.75) is 25.8 Å². The van der Waals surface area contributed by atoms with Crippen molar-refractivity contribution in [2.75, 3.05) is 11.4 Å². The molecule has 5 aromatic rings. The molecule has 1 aliphatic rings. The molecule has 0 radical (unpaired) electrons. The topological polar surface area (TPSA) is 85.9 Å². The van der Waals surface area contributed by atoms with E-state index in [1.165, 1.54) is 12.1 Å². The van der Waals surface area contributed by atoms with Crippen LogP contribution in [0.3, 0.4) is 0 Å². The highest BCUT2D eigenvalue weighted by molar-refractivity contribution is 5.84. The zero-order chi connectivity index (χ0) is 23.4. The largest absolute Gasteiger partial charge is 0.349 e. The molecule has 1 atom stereocenters. The lowest BCUT2D eigenvalue weighted by Gasteiger charge is -2.26. The molecule has 1 N–H and O–H groups in total. The zero-order valence-electron chi connectivity index (χ0n) is 18.3. The zero-order valence-corrected chi connectivity index (χ0v) is 18.3. The standard InChI is InChI=1S/C25H19F2N7/c1-14-9-20-21(10-15(14)12-28)31-24(30-20)18-13-29-34-8-6-23(32-25(18)34)33-7-2-3-22(33)17-11-16(26)4-5-19(17)27/h4-6,8-11,13,22H,2-3,7H2,1H3,(H,30,31)/t22-/m1/s1. The number of aryl methyl sites for hydroxylation is 1. The van der Waals surface area contributed by atoms with E-state index < -0.39 is 11.6 Å². The molecule has 2 aromatic carbocycles. The van der Waals surface area contributed by atoms with Gasteiger partial charge in [-0.2, -0.15) is 10.4 Å². The van der Waals surface area contributed by atoms with E-state index in [0.717, 1.165) is 23.6 Å². The summed E-state index contributed by atoms with van der Waals surface area (Å²) in [5, 5.41) is 13.7. The summed E-state index contributed by atoms with van der Waals surface area (Å²) in [7, 11) is 0. The van der Waals surface area contributed by atoms with Crippen molar-refractivity contribution in [3.8, 4) is 17.5 Å². The van der Waals surface area contributed by atoms with Crippen LogP contribution in [0, 0.1) is 29.9 Å². The molecule has 0 spiro atoms. The minimum Gasteiger partial charge on any atom is -0.349 e. The van der Waals surface area contributed by atoms with Gasteiger partial charge in [-0.1, -0.05) is 0 Å². The van der Waals surface area contributed by atoms with E-state index in [9.17, 15) is 14.0 Å². The number of nitrogens with one attached hydrogen (secondary N) is 1. The predicted octanol–water partition coefficient (Wildman–Crippen LogP) is 5.07. The van der Waals surface area contributed by atoms with Crippen molar-refractivity contribution in [1.29, 1.82) is 5.26 Å². The fourth-order valence-electron chi connectivity index (χ4n) is 4.73. The van der Waals surface area contributed by atoms with E-state index in [1.807, 2.05) is 24.0 Å². The molecule has 4 heterocycles. The van der Waals surface area contributed by atoms with Crippen LogP contribution in [0.25, 0.3) is 28.1 Å². The summed E-state index contributed by atoms with van der Waals surface area (Å²) < 4.78 is 30.0. The summed E-state index contributed by atoms with van der Waals surface area (Å²) in [6.07, 6.45) is 5.06. The monoisotopic (exact) mass is 455 g/mol. The van der Waals surface area contributed by atoms with Gasteiger partial charge in [0.1, 0.15) is 23.3 Å². The van der Waals surface area contributed by atoms with Gasteiger partial charge in [0.2, 0.25) is 0 Å². The van der Waals surface area contributed by atoms with Gasteiger partial charge >= 0.3 is 0 Å². The first-order chi connectivity index (χ1) is 16.5. The molecule has 0 aliphatic carbocycles. The number of aromatic nitrogens is 5. The smallest absolute Gasteiger partial charge is 0.168 e. The third-order valence-corrected chi connectivity index (χ3v) is 6.42. The highest BCUT2D eigenvalue weighted by Gasteiger charge is 2.30. The van der Waals surface area contributed by atoms with E-state index in [4.69, 9.17) is 4.98 Å². The molecule has 0 unspecified atom stereocenters. The number of imidazole rings is 1. The molecule has 168 valence electrons. The first-order valence-electron chi connectivity index (χ1n) is 11.0. The van der Waals surface area contributed by atoms with Gasteiger partial charge in [0.25, 0.3) is 0 Å². The molecular weight excluding hydrogens is 436 g/mol. The number of fused-ring (bicyclic) bond motifs is 2. The minimum absolute atomic E-state index is 0.296. The van der Waals surface area contributed by atoms with Crippen molar-refractivity contribution in [2.24, 2.45) is 0 Å². The molecule has 6 rings (SSSR count). The second-order valence-electron chi connectivity index (χ2n) is 8.51. The van der Waals surface area contributed by atoms with Crippen LogP contribution in [-0.4, -0.2) is 31.1 Å². The van der Waals surface area contributed by atoms with Crippen molar-refractivity contribution in [1.82, 2.24) is 24.6 Å². The molecule has 0 bridgehead atoms. The molecule has 7 nitrogen and oxygen atoms in total. The Balaban J connectivity index is 1.43. The Labute approximate surface area is 193 Å². The van der Waals surface area contributed by atoms with Gasteiger partial charge in [-0.3, -0.25) is 0 Å². The first kappa shape index (κ1) is 20.3. The normalized spacial score (nSPS) is 15.9. The van der Waals surface area contributed by atoms with Gasteiger partial charge in [0, 0.05) is 18.3 Å². The molecule has 0 amide bonds. The van der Waals surface area contributed by atoms with Gasteiger partial charge in [0.05, 0.1) is 40.5 Å². The van der Waals surface area contributed by atoms with Crippen molar-refractivity contribution in [3.63, 3.8) is 0 Å². The Morgan fingerprint density at radius 3 is 2.88 bits per heavy atom. The SMILES string of the molecule is Cc1cc2[nH]c(-c3cnn4ccc(N5CCC[C@@H]5c5cc(F)ccc5F)nc34)nc2cc1C#N. The Kier molecular flexibility index (Phi) is 4.55. The minimum atomic E-state index is -0.454. The maximum atomic E-state index is 14.5. The van der Waals surface area contributed by atoms with E-state index in [1.54, 1.807) is 23.0 Å². The number of halogens is 2. The molecule has 34 heavy (non-hydrogen) atoms. The molecule has 9 heteroatoms. The number of nitrogens with zero attached hydrogens (tertiary/aromatic N) is 6. The lowest BCUT2D eigenvalue weighted by atomic mass is 10.0. The lowest BCUT2D eigenvalue weighted by molar-refractivity contribution is 0.560. The number of aromatic amines is 1. The van der Waals surface area contributed by atoms with Crippen molar-refractivity contribution in [3.05, 3.63) is 77.1 Å². The summed E-state index contributed by atoms with van der Waals surface area (Å²) >= 11 is 0. The Morgan fingerprint density at radius 1 is 1.15 bits per heavy atom. The van der Waals surface area contributed by atoms with Crippen LogP contribution in [0.5, 0.6) is 0 Å². The van der Waals surface area contributed by atoms with Gasteiger partial charge in [-0.15, -0.1) is 0 Å². The number of hydrogen-bond acceptors (Lipinski definition) is 5. The molecule has 3 aromatic heterocycles. The number of rotatable bonds is 3. The number of nitriles is 1. The van der Waals surface area contributed by atoms with Crippen LogP contribution in [0.4, 0.5) is 14.6 Å². The summed E-state index contributed by atoms with van der Waals surface area (Å²) in [6.45, 7) is 2.57. The third kappa shape index (κ3) is 3.18. The molecule has 1 fully saturated rings. The maximum absolute atomic E-state index is 14.5.